The number of hydrogen-bond donors (Lipinski definition) is 1. The maximum atomic E-state index is 12.8. The summed E-state index contributed by atoms with van der Waals surface area (Å²) in [5, 5.41) is 5.35. The molecule has 0 saturated carbocycles. The number of primary sulfonamides is 1. The molecular weight excluding hydrogens is 472 g/mol. The van der Waals surface area contributed by atoms with Crippen LogP contribution in [0, 0.1) is 13.8 Å². The van der Waals surface area contributed by atoms with E-state index in [1.54, 1.807) is 36.6 Å². The van der Waals surface area contributed by atoms with Crippen molar-refractivity contribution in [2.24, 2.45) is 5.14 Å². The first-order valence-corrected chi connectivity index (χ1v) is 11.6. The smallest absolute Gasteiger partial charge is 0.338 e. The first kappa shape index (κ1) is 22.8. The molecule has 1 aromatic heterocycles. The Balaban J connectivity index is 1.50. The van der Waals surface area contributed by atoms with Crippen molar-refractivity contribution in [2.45, 2.75) is 18.7 Å². The van der Waals surface area contributed by atoms with Crippen LogP contribution in [-0.4, -0.2) is 38.1 Å². The number of aromatic nitrogens is 1. The second kappa shape index (κ2) is 8.54. The zero-order valence-corrected chi connectivity index (χ0v) is 19.2. The summed E-state index contributed by atoms with van der Waals surface area (Å²) in [6, 6.07) is 10.5. The summed E-state index contributed by atoms with van der Waals surface area (Å²) in [5.74, 6) is -0.432. The van der Waals surface area contributed by atoms with Gasteiger partial charge in [-0.25, -0.2) is 18.4 Å². The average molecular weight is 491 g/mol. The second-order valence-electron chi connectivity index (χ2n) is 7.35. The highest BCUT2D eigenvalue weighted by molar-refractivity contribution is 7.89. The van der Waals surface area contributed by atoms with E-state index in [1.165, 1.54) is 24.3 Å². The van der Waals surface area contributed by atoms with E-state index in [-0.39, 0.29) is 22.3 Å². The van der Waals surface area contributed by atoms with Gasteiger partial charge in [0.15, 0.2) is 18.1 Å². The Kier molecular flexibility index (Phi) is 5.91. The summed E-state index contributed by atoms with van der Waals surface area (Å²) < 4.78 is 40.4. The molecular formula is C22H19ClN2O7S. The number of esters is 1. The molecule has 4 rings (SSSR count). The molecule has 0 atom stereocenters. The van der Waals surface area contributed by atoms with Gasteiger partial charge in [-0.1, -0.05) is 11.6 Å². The molecule has 1 aliphatic heterocycles. The van der Waals surface area contributed by atoms with Crippen molar-refractivity contribution in [3.8, 4) is 17.2 Å². The number of rotatable bonds is 6. The molecule has 0 spiro atoms. The number of ketones is 1. The van der Waals surface area contributed by atoms with E-state index in [4.69, 9.17) is 31.0 Å². The van der Waals surface area contributed by atoms with E-state index in [2.05, 4.69) is 0 Å². The minimum atomic E-state index is -3.81. The Bertz CT molecular complexity index is 1380. The van der Waals surface area contributed by atoms with Gasteiger partial charge in [-0.15, -0.1) is 0 Å². The molecule has 2 aromatic carbocycles. The number of nitrogens with two attached hydrogens (primary N) is 1. The van der Waals surface area contributed by atoms with Gasteiger partial charge in [0.2, 0.25) is 22.6 Å². The zero-order chi connectivity index (χ0) is 23.9. The SMILES string of the molecule is Cc1cc(C(=O)COC(=O)c2cc(Cl)c3c(c2)OCO3)c(C)n1-c1ccc(S(N)(=O)=O)cc1. The largest absolute Gasteiger partial charge is 0.454 e. The first-order valence-electron chi connectivity index (χ1n) is 9.68. The third kappa shape index (κ3) is 4.45. The van der Waals surface area contributed by atoms with Gasteiger partial charge >= 0.3 is 5.97 Å². The summed E-state index contributed by atoms with van der Waals surface area (Å²) in [6.45, 7) is 3.08. The van der Waals surface area contributed by atoms with Gasteiger partial charge in [0.25, 0.3) is 0 Å². The van der Waals surface area contributed by atoms with Gasteiger partial charge in [-0.05, 0) is 56.3 Å². The van der Waals surface area contributed by atoms with E-state index < -0.39 is 28.4 Å². The molecule has 2 N–H and O–H groups in total. The molecule has 0 aliphatic carbocycles. The monoisotopic (exact) mass is 490 g/mol. The van der Waals surface area contributed by atoms with E-state index in [0.717, 1.165) is 5.69 Å². The van der Waals surface area contributed by atoms with Gasteiger partial charge in [-0.2, -0.15) is 0 Å². The standard InChI is InChI=1S/C22H19ClN2O7S/c1-12-7-17(13(2)25(12)15-3-5-16(6-4-15)33(24,28)29)19(26)10-30-22(27)14-8-18(23)21-20(9-14)31-11-32-21/h3-9H,10-11H2,1-2H3,(H2,24,28,29). The van der Waals surface area contributed by atoms with Crippen molar-refractivity contribution in [1.82, 2.24) is 4.57 Å². The predicted molar refractivity (Wildman–Crippen MR) is 119 cm³/mol. The highest BCUT2D eigenvalue weighted by Gasteiger charge is 2.23. The summed E-state index contributed by atoms with van der Waals surface area (Å²) in [6.07, 6.45) is 0. The van der Waals surface area contributed by atoms with Crippen LogP contribution in [0.2, 0.25) is 5.02 Å². The van der Waals surface area contributed by atoms with Gasteiger partial charge < -0.3 is 18.8 Å². The van der Waals surface area contributed by atoms with E-state index in [9.17, 15) is 18.0 Å². The summed E-state index contributed by atoms with van der Waals surface area (Å²) in [5.41, 5.74) is 2.52. The maximum Gasteiger partial charge on any atom is 0.338 e. The van der Waals surface area contributed by atoms with Gasteiger partial charge in [0, 0.05) is 22.6 Å². The number of Topliss-reactive ketones (excluding diaryl/α,β-unsaturated/α-hetero) is 1. The lowest BCUT2D eigenvalue weighted by atomic mass is 10.1. The van der Waals surface area contributed by atoms with E-state index in [1.807, 2.05) is 0 Å². The number of sulfonamides is 1. The number of nitrogens with zero attached hydrogens (tertiary/aromatic N) is 1. The zero-order valence-electron chi connectivity index (χ0n) is 17.6. The molecule has 0 amide bonds. The lowest BCUT2D eigenvalue weighted by Gasteiger charge is -2.11. The summed E-state index contributed by atoms with van der Waals surface area (Å²) in [7, 11) is -3.81. The number of hydrogen-bond acceptors (Lipinski definition) is 7. The Morgan fingerprint density at radius 1 is 1.12 bits per heavy atom. The lowest BCUT2D eigenvalue weighted by Crippen LogP contribution is -2.15. The highest BCUT2D eigenvalue weighted by Crippen LogP contribution is 2.39. The Labute approximate surface area is 194 Å². The van der Waals surface area contributed by atoms with Crippen LogP contribution < -0.4 is 14.6 Å². The average Bonchev–Trinajstić information content (AvgIpc) is 3.35. The number of benzene rings is 2. The van der Waals surface area contributed by atoms with Crippen LogP contribution in [0.15, 0.2) is 47.4 Å². The van der Waals surface area contributed by atoms with Crippen LogP contribution >= 0.6 is 11.6 Å². The number of carbonyl (C=O) groups excluding carboxylic acids is 2. The third-order valence-electron chi connectivity index (χ3n) is 5.15. The molecule has 0 fully saturated rings. The molecule has 0 unspecified atom stereocenters. The molecule has 2 heterocycles. The summed E-state index contributed by atoms with van der Waals surface area (Å²) >= 11 is 6.09. The molecule has 0 saturated heterocycles. The van der Waals surface area contributed by atoms with Crippen LogP contribution in [0.4, 0.5) is 0 Å². The van der Waals surface area contributed by atoms with Crippen LogP contribution in [-0.2, 0) is 14.8 Å². The van der Waals surface area contributed by atoms with Crippen molar-refractivity contribution in [2.75, 3.05) is 13.4 Å². The molecule has 0 bridgehead atoms. The minimum absolute atomic E-state index is 0.00637. The first-order chi connectivity index (χ1) is 15.6. The normalized spacial score (nSPS) is 12.6. The number of ether oxygens (including phenoxy) is 3. The Morgan fingerprint density at radius 3 is 2.48 bits per heavy atom. The fraction of sp³-hybridized carbons (Fsp3) is 0.182. The number of halogens is 1. The van der Waals surface area contributed by atoms with Gasteiger partial charge in [0.1, 0.15) is 0 Å². The molecule has 3 aromatic rings. The predicted octanol–water partition coefficient (Wildman–Crippen LogP) is 3.16. The van der Waals surface area contributed by atoms with Crippen molar-refractivity contribution in [3.63, 3.8) is 0 Å². The lowest BCUT2D eigenvalue weighted by molar-refractivity contribution is 0.0474. The molecule has 172 valence electrons. The molecule has 11 heteroatoms. The van der Waals surface area contributed by atoms with Crippen molar-refractivity contribution < 1.29 is 32.2 Å². The second-order valence-corrected chi connectivity index (χ2v) is 9.32. The van der Waals surface area contributed by atoms with Crippen LogP contribution in [0.3, 0.4) is 0 Å². The third-order valence-corrected chi connectivity index (χ3v) is 6.36. The molecule has 0 radical (unpaired) electrons. The maximum absolute atomic E-state index is 12.8. The van der Waals surface area contributed by atoms with Crippen molar-refractivity contribution in [1.29, 1.82) is 0 Å². The number of fused-ring (bicyclic) bond motifs is 1. The Hall–Kier alpha value is -3.34. The minimum Gasteiger partial charge on any atom is -0.454 e. The molecule has 1 aliphatic rings. The van der Waals surface area contributed by atoms with E-state index in [0.29, 0.717) is 28.4 Å². The topological polar surface area (TPSA) is 127 Å². The fourth-order valence-electron chi connectivity index (χ4n) is 3.60. The van der Waals surface area contributed by atoms with Crippen molar-refractivity contribution >= 4 is 33.4 Å². The Morgan fingerprint density at radius 2 is 1.82 bits per heavy atom. The van der Waals surface area contributed by atoms with Crippen LogP contribution in [0.25, 0.3) is 5.69 Å². The van der Waals surface area contributed by atoms with E-state index >= 15 is 0 Å². The quantitative estimate of drug-likeness (QED) is 0.415. The van der Waals surface area contributed by atoms with Crippen LogP contribution in [0.5, 0.6) is 11.5 Å². The highest BCUT2D eigenvalue weighted by atomic mass is 35.5. The van der Waals surface area contributed by atoms with Gasteiger partial charge in [-0.3, -0.25) is 4.79 Å². The fourth-order valence-corrected chi connectivity index (χ4v) is 4.39. The molecule has 9 nitrogen and oxygen atoms in total. The number of carbonyl (C=O) groups is 2. The molecule has 33 heavy (non-hydrogen) atoms. The van der Waals surface area contributed by atoms with Crippen LogP contribution in [0.1, 0.15) is 32.1 Å². The van der Waals surface area contributed by atoms with Crippen molar-refractivity contribution in [3.05, 3.63) is 70.0 Å². The summed E-state index contributed by atoms with van der Waals surface area (Å²) in [4.78, 5) is 25.2. The number of aryl methyl sites for hydroxylation is 1. The van der Waals surface area contributed by atoms with Gasteiger partial charge in [0.05, 0.1) is 15.5 Å².